The third-order valence-corrected chi connectivity index (χ3v) is 6.29. The summed E-state index contributed by atoms with van der Waals surface area (Å²) in [5.74, 6) is 0.807. The third-order valence-electron chi connectivity index (χ3n) is 5.29. The fraction of sp³-hybridized carbons (Fsp3) is 0.333. The smallest absolute Gasteiger partial charge is 0.170 e. The summed E-state index contributed by atoms with van der Waals surface area (Å²) in [7, 11) is 0. The average Bonchev–Trinajstić information content (AvgIpc) is 3.18. The van der Waals surface area contributed by atoms with E-state index in [1.54, 1.807) is 6.20 Å². The quantitative estimate of drug-likeness (QED) is 0.631. The summed E-state index contributed by atoms with van der Waals surface area (Å²) in [6.45, 7) is 6.09. The van der Waals surface area contributed by atoms with Crippen LogP contribution in [0, 0.1) is 6.92 Å². The monoisotopic (exact) mass is 379 g/mol. The molecule has 138 valence electrons. The Labute approximate surface area is 162 Å². The highest BCUT2D eigenvalue weighted by Gasteiger charge is 2.37. The molecule has 6 heteroatoms. The highest BCUT2D eigenvalue weighted by atomic mass is 32.1. The lowest BCUT2D eigenvalue weighted by molar-refractivity contribution is 0.0350. The number of fused-ring (bicyclic) bond motifs is 1. The number of nitrogens with zero attached hydrogens (tertiary/aromatic N) is 3. The second-order valence-electron chi connectivity index (χ2n) is 6.85. The van der Waals surface area contributed by atoms with E-state index in [1.807, 2.05) is 37.3 Å². The van der Waals surface area contributed by atoms with E-state index in [9.17, 15) is 4.79 Å². The number of aryl methyl sites for hydroxylation is 1. The number of benzene rings is 1. The van der Waals surface area contributed by atoms with Crippen LogP contribution in [0.5, 0.6) is 5.75 Å². The lowest BCUT2D eigenvalue weighted by atomic mass is 9.85. The van der Waals surface area contributed by atoms with Gasteiger partial charge in [0.1, 0.15) is 21.4 Å². The molecule has 4 rings (SSSR count). The van der Waals surface area contributed by atoms with Crippen molar-refractivity contribution < 1.29 is 9.53 Å². The van der Waals surface area contributed by atoms with Crippen LogP contribution in [0.4, 0.5) is 0 Å². The van der Waals surface area contributed by atoms with Crippen LogP contribution < -0.4 is 4.74 Å². The van der Waals surface area contributed by atoms with Gasteiger partial charge >= 0.3 is 0 Å². The molecule has 1 aliphatic rings. The lowest BCUT2D eigenvalue weighted by Gasteiger charge is -2.36. The van der Waals surface area contributed by atoms with Gasteiger partial charge in [-0.2, -0.15) is 0 Å². The van der Waals surface area contributed by atoms with E-state index in [4.69, 9.17) is 4.74 Å². The molecule has 5 nitrogen and oxygen atoms in total. The van der Waals surface area contributed by atoms with Crippen LogP contribution in [0.1, 0.15) is 49.2 Å². The van der Waals surface area contributed by atoms with E-state index < -0.39 is 0 Å². The molecule has 1 aliphatic heterocycles. The van der Waals surface area contributed by atoms with E-state index in [0.717, 1.165) is 39.7 Å². The Bertz CT molecular complexity index is 1010. The van der Waals surface area contributed by atoms with E-state index >= 15 is 0 Å². The van der Waals surface area contributed by atoms with Crippen LogP contribution in [-0.4, -0.2) is 26.6 Å². The van der Waals surface area contributed by atoms with Crippen molar-refractivity contribution in [1.82, 2.24) is 15.2 Å². The number of ketones is 1. The van der Waals surface area contributed by atoms with E-state index in [2.05, 4.69) is 29.0 Å². The molecule has 0 fully saturated rings. The Morgan fingerprint density at radius 2 is 1.89 bits per heavy atom. The first-order valence-electron chi connectivity index (χ1n) is 9.17. The van der Waals surface area contributed by atoms with Crippen LogP contribution >= 0.6 is 11.3 Å². The molecule has 0 saturated carbocycles. The summed E-state index contributed by atoms with van der Waals surface area (Å²) in [6, 6.07) is 9.61. The van der Waals surface area contributed by atoms with E-state index in [0.29, 0.717) is 17.7 Å². The summed E-state index contributed by atoms with van der Waals surface area (Å²) in [6.07, 6.45) is 3.83. The predicted molar refractivity (Wildman–Crippen MR) is 106 cm³/mol. The standard InChI is InChI=1S/C21H21N3O2S/c1-4-21(5-2)12-17(25)16-11-14(8-9-18(16)26-21)19-23-24-20(27-19)15-7-6-10-22-13(15)3/h6-11H,4-5,12H2,1-3H3. The molecule has 1 aromatic carbocycles. The molecule has 2 aromatic heterocycles. The van der Waals surface area contributed by atoms with Gasteiger partial charge in [-0.05, 0) is 50.1 Å². The third kappa shape index (κ3) is 3.14. The van der Waals surface area contributed by atoms with E-state index in [1.165, 1.54) is 11.3 Å². The van der Waals surface area contributed by atoms with Gasteiger partial charge in [-0.1, -0.05) is 25.2 Å². The molecule has 0 aliphatic carbocycles. The highest BCUT2D eigenvalue weighted by molar-refractivity contribution is 7.17. The average molecular weight is 379 g/mol. The van der Waals surface area contributed by atoms with Crippen molar-refractivity contribution in [2.45, 2.75) is 45.6 Å². The molecule has 0 radical (unpaired) electrons. The molecule has 0 saturated heterocycles. The first-order chi connectivity index (χ1) is 13.0. The minimum atomic E-state index is -0.376. The number of carbonyl (C=O) groups excluding carboxylic acids is 1. The molecule has 27 heavy (non-hydrogen) atoms. The van der Waals surface area contributed by atoms with Gasteiger partial charge < -0.3 is 4.74 Å². The van der Waals surface area contributed by atoms with Crippen molar-refractivity contribution in [1.29, 1.82) is 0 Å². The van der Waals surface area contributed by atoms with Crippen LogP contribution in [0.25, 0.3) is 21.1 Å². The number of carbonyl (C=O) groups is 1. The van der Waals surface area contributed by atoms with Crippen LogP contribution in [-0.2, 0) is 0 Å². The lowest BCUT2D eigenvalue weighted by Crippen LogP contribution is -2.40. The van der Waals surface area contributed by atoms with Crippen LogP contribution in [0.2, 0.25) is 0 Å². The van der Waals surface area contributed by atoms with Crippen molar-refractivity contribution >= 4 is 17.1 Å². The highest BCUT2D eigenvalue weighted by Crippen LogP contribution is 2.40. The topological polar surface area (TPSA) is 65.0 Å². The zero-order chi connectivity index (χ0) is 19.0. The summed E-state index contributed by atoms with van der Waals surface area (Å²) in [5.41, 5.74) is 3.05. The Hall–Kier alpha value is -2.60. The molecule has 0 atom stereocenters. The number of pyridine rings is 1. The van der Waals surface area contributed by atoms with Gasteiger partial charge in [0.2, 0.25) is 0 Å². The number of rotatable bonds is 4. The SMILES string of the molecule is CCC1(CC)CC(=O)c2cc(-c3nnc(-c4cccnc4C)s3)ccc2O1. The largest absolute Gasteiger partial charge is 0.486 e. The maximum Gasteiger partial charge on any atom is 0.170 e. The van der Waals surface area contributed by atoms with Gasteiger partial charge in [0, 0.05) is 23.0 Å². The number of aromatic nitrogens is 3. The van der Waals surface area contributed by atoms with Gasteiger partial charge in [0.25, 0.3) is 0 Å². The zero-order valence-electron chi connectivity index (χ0n) is 15.7. The summed E-state index contributed by atoms with van der Waals surface area (Å²) in [5, 5.41) is 10.3. The summed E-state index contributed by atoms with van der Waals surface area (Å²) >= 11 is 1.50. The zero-order valence-corrected chi connectivity index (χ0v) is 16.5. The summed E-state index contributed by atoms with van der Waals surface area (Å²) in [4.78, 5) is 17.1. The van der Waals surface area contributed by atoms with Crippen molar-refractivity contribution in [3.8, 4) is 26.9 Å². The first kappa shape index (κ1) is 17.8. The molecule has 0 unspecified atom stereocenters. The van der Waals surface area contributed by atoms with E-state index in [-0.39, 0.29) is 11.4 Å². The minimum absolute atomic E-state index is 0.134. The second kappa shape index (κ2) is 6.85. The maximum atomic E-state index is 12.8. The molecule has 0 N–H and O–H groups in total. The number of ether oxygens (including phenoxy) is 1. The number of hydrogen-bond donors (Lipinski definition) is 0. The van der Waals surface area contributed by atoms with Crippen LogP contribution in [0.3, 0.4) is 0 Å². The van der Waals surface area contributed by atoms with Gasteiger partial charge in [0.15, 0.2) is 5.78 Å². The normalized spacial score (nSPS) is 15.3. The molecule has 0 amide bonds. The Balaban J connectivity index is 1.69. The molecular formula is C21H21N3O2S. The second-order valence-corrected chi connectivity index (χ2v) is 7.83. The number of Topliss-reactive ketones (excluding diaryl/α,β-unsaturated/α-hetero) is 1. The predicted octanol–water partition coefficient (Wildman–Crippen LogP) is 5.10. The maximum absolute atomic E-state index is 12.8. The fourth-order valence-electron chi connectivity index (χ4n) is 3.43. The Morgan fingerprint density at radius 1 is 1.11 bits per heavy atom. The fourth-order valence-corrected chi connectivity index (χ4v) is 4.35. The Kier molecular flexibility index (Phi) is 4.52. The molecular weight excluding hydrogens is 358 g/mol. The van der Waals surface area contributed by atoms with Gasteiger partial charge in [0.05, 0.1) is 12.0 Å². The van der Waals surface area contributed by atoms with Crippen LogP contribution in [0.15, 0.2) is 36.5 Å². The van der Waals surface area contributed by atoms with Gasteiger partial charge in [-0.25, -0.2) is 0 Å². The summed E-state index contributed by atoms with van der Waals surface area (Å²) < 4.78 is 6.21. The molecule has 3 aromatic rings. The van der Waals surface area contributed by atoms with Crippen molar-refractivity contribution in [3.05, 3.63) is 47.8 Å². The minimum Gasteiger partial charge on any atom is -0.486 e. The number of hydrogen-bond acceptors (Lipinski definition) is 6. The molecule has 0 spiro atoms. The molecule has 0 bridgehead atoms. The molecule has 3 heterocycles. The van der Waals surface area contributed by atoms with Crippen molar-refractivity contribution in [2.75, 3.05) is 0 Å². The first-order valence-corrected chi connectivity index (χ1v) is 9.99. The van der Waals surface area contributed by atoms with Gasteiger partial charge in [-0.15, -0.1) is 10.2 Å². The van der Waals surface area contributed by atoms with Gasteiger partial charge in [-0.3, -0.25) is 9.78 Å². The van der Waals surface area contributed by atoms with Crippen molar-refractivity contribution in [2.24, 2.45) is 0 Å². The Morgan fingerprint density at radius 3 is 2.63 bits per heavy atom. The van der Waals surface area contributed by atoms with Crippen molar-refractivity contribution in [3.63, 3.8) is 0 Å².